The highest BCUT2D eigenvalue weighted by molar-refractivity contribution is 6.08. The predicted octanol–water partition coefficient (Wildman–Crippen LogP) is 3.37. The molecule has 0 radical (unpaired) electrons. The minimum Gasteiger partial charge on any atom is -0.445 e. The number of alkyl carbamates (subject to hydrolysis) is 1. The fourth-order valence-corrected chi connectivity index (χ4v) is 3.59. The van der Waals surface area contributed by atoms with Crippen LogP contribution in [0.15, 0.2) is 60.7 Å². The number of ether oxygens (including phenoxy) is 1. The highest BCUT2D eigenvalue weighted by atomic mass is 16.5. The van der Waals surface area contributed by atoms with Gasteiger partial charge in [0, 0.05) is 13.1 Å². The van der Waals surface area contributed by atoms with Gasteiger partial charge < -0.3 is 15.4 Å². The Hall–Kier alpha value is -3.35. The molecule has 1 heterocycles. The molecule has 1 aliphatic heterocycles. The van der Waals surface area contributed by atoms with Gasteiger partial charge in [-0.1, -0.05) is 67.6 Å². The van der Waals surface area contributed by atoms with Gasteiger partial charge in [0.2, 0.25) is 0 Å². The summed E-state index contributed by atoms with van der Waals surface area (Å²) in [5, 5.41) is 14.0. The van der Waals surface area contributed by atoms with E-state index in [-0.39, 0.29) is 18.5 Å². The van der Waals surface area contributed by atoms with Crippen LogP contribution >= 0.6 is 0 Å². The van der Waals surface area contributed by atoms with Crippen molar-refractivity contribution in [2.45, 2.75) is 38.3 Å². The lowest BCUT2D eigenvalue weighted by atomic mass is 9.87. The van der Waals surface area contributed by atoms with Gasteiger partial charge in [-0.15, -0.1) is 0 Å². The molecular weight excluding hydrogens is 380 g/mol. The smallest absolute Gasteiger partial charge is 0.407 e. The highest BCUT2D eigenvalue weighted by Gasteiger charge is 2.49. The number of rotatable bonds is 9. The van der Waals surface area contributed by atoms with Gasteiger partial charge in [0.05, 0.1) is 0 Å². The lowest BCUT2D eigenvalue weighted by Gasteiger charge is -2.26. The van der Waals surface area contributed by atoms with Gasteiger partial charge >= 0.3 is 6.09 Å². The van der Waals surface area contributed by atoms with Crippen molar-refractivity contribution in [1.82, 2.24) is 15.5 Å². The van der Waals surface area contributed by atoms with Crippen LogP contribution in [-0.4, -0.2) is 35.9 Å². The fourth-order valence-electron chi connectivity index (χ4n) is 3.59. The predicted molar refractivity (Wildman–Crippen MR) is 115 cm³/mol. The Labute approximate surface area is 176 Å². The maximum absolute atomic E-state index is 13.1. The lowest BCUT2D eigenvalue weighted by Crippen LogP contribution is -2.43. The third-order valence-electron chi connectivity index (χ3n) is 5.30. The van der Waals surface area contributed by atoms with Crippen LogP contribution in [0.2, 0.25) is 0 Å². The van der Waals surface area contributed by atoms with E-state index in [2.05, 4.69) is 10.6 Å². The Morgan fingerprint density at radius 2 is 1.77 bits per heavy atom. The van der Waals surface area contributed by atoms with Gasteiger partial charge in [-0.25, -0.2) is 4.79 Å². The molecule has 0 aliphatic carbocycles. The SMILES string of the molecule is CC[C@]1(c2ccccc2)NC(=N)N(CCCCNC(=O)OCc2ccccc2)C1=O. The lowest BCUT2D eigenvalue weighted by molar-refractivity contribution is -0.131. The monoisotopic (exact) mass is 408 g/mol. The molecule has 30 heavy (non-hydrogen) atoms. The second-order valence-corrected chi connectivity index (χ2v) is 7.25. The van der Waals surface area contributed by atoms with Gasteiger partial charge in [-0.05, 0) is 30.4 Å². The summed E-state index contributed by atoms with van der Waals surface area (Å²) in [7, 11) is 0. The van der Waals surface area contributed by atoms with Crippen molar-refractivity contribution in [3.63, 3.8) is 0 Å². The molecule has 0 unspecified atom stereocenters. The van der Waals surface area contributed by atoms with Crippen molar-refractivity contribution in [3.05, 3.63) is 71.8 Å². The van der Waals surface area contributed by atoms with Crippen molar-refractivity contribution in [2.24, 2.45) is 0 Å². The van der Waals surface area contributed by atoms with Crippen LogP contribution < -0.4 is 10.6 Å². The first-order valence-electron chi connectivity index (χ1n) is 10.3. The van der Waals surface area contributed by atoms with E-state index in [4.69, 9.17) is 10.1 Å². The molecule has 0 spiro atoms. The average Bonchev–Trinajstić information content (AvgIpc) is 3.03. The summed E-state index contributed by atoms with van der Waals surface area (Å²) in [5.74, 6) is 0.0253. The molecule has 7 nitrogen and oxygen atoms in total. The van der Waals surface area contributed by atoms with Crippen molar-refractivity contribution < 1.29 is 14.3 Å². The summed E-state index contributed by atoms with van der Waals surface area (Å²) in [4.78, 5) is 26.4. The Morgan fingerprint density at radius 1 is 1.10 bits per heavy atom. The molecule has 2 aromatic carbocycles. The van der Waals surface area contributed by atoms with E-state index >= 15 is 0 Å². The number of hydrogen-bond acceptors (Lipinski definition) is 4. The van der Waals surface area contributed by atoms with Gasteiger partial charge in [0.1, 0.15) is 12.1 Å². The quantitative estimate of drug-likeness (QED) is 0.555. The van der Waals surface area contributed by atoms with Gasteiger partial charge in [-0.3, -0.25) is 15.1 Å². The Kier molecular flexibility index (Phi) is 7.06. The van der Waals surface area contributed by atoms with Gasteiger partial charge in [0.25, 0.3) is 5.91 Å². The zero-order valence-electron chi connectivity index (χ0n) is 17.2. The van der Waals surface area contributed by atoms with Gasteiger partial charge in [0.15, 0.2) is 5.96 Å². The van der Waals surface area contributed by atoms with E-state index in [1.54, 1.807) is 0 Å². The van der Waals surface area contributed by atoms with Crippen LogP contribution in [0.3, 0.4) is 0 Å². The molecule has 1 atom stereocenters. The molecule has 0 saturated carbocycles. The number of nitrogens with zero attached hydrogens (tertiary/aromatic N) is 1. The summed E-state index contributed by atoms with van der Waals surface area (Å²) in [6.45, 7) is 3.06. The largest absolute Gasteiger partial charge is 0.445 e. The van der Waals surface area contributed by atoms with E-state index < -0.39 is 11.6 Å². The topological polar surface area (TPSA) is 94.5 Å². The average molecular weight is 409 g/mol. The van der Waals surface area contributed by atoms with Crippen LogP contribution in [0.4, 0.5) is 4.79 Å². The molecule has 7 heteroatoms. The molecule has 1 fully saturated rings. The Balaban J connectivity index is 1.42. The number of carbonyl (C=O) groups is 2. The zero-order chi connectivity index (χ0) is 21.4. The molecule has 0 bridgehead atoms. The first-order valence-corrected chi connectivity index (χ1v) is 10.3. The van der Waals surface area contributed by atoms with Crippen molar-refractivity contribution >= 4 is 18.0 Å². The van der Waals surface area contributed by atoms with E-state index in [9.17, 15) is 9.59 Å². The minimum atomic E-state index is -0.877. The van der Waals surface area contributed by atoms with Crippen LogP contribution in [-0.2, 0) is 21.7 Å². The molecule has 2 aromatic rings. The van der Waals surface area contributed by atoms with Crippen LogP contribution in [0.1, 0.15) is 37.3 Å². The van der Waals surface area contributed by atoms with Crippen molar-refractivity contribution in [2.75, 3.05) is 13.1 Å². The molecular formula is C23H28N4O3. The minimum absolute atomic E-state index is 0.101. The van der Waals surface area contributed by atoms with Crippen molar-refractivity contribution in [3.8, 4) is 0 Å². The van der Waals surface area contributed by atoms with Gasteiger partial charge in [-0.2, -0.15) is 0 Å². The second-order valence-electron chi connectivity index (χ2n) is 7.25. The summed E-state index contributed by atoms with van der Waals surface area (Å²) >= 11 is 0. The number of amides is 2. The number of hydrogen-bond donors (Lipinski definition) is 3. The standard InChI is InChI=1S/C23H28N4O3/c1-2-23(19-13-7-4-8-14-19)20(28)27(21(24)26-23)16-10-9-15-25-22(29)30-17-18-11-5-3-6-12-18/h3-8,11-14H,2,9-10,15-17H2,1H3,(H2,24,26)(H,25,29)/t23-/m1/s1. The zero-order valence-corrected chi connectivity index (χ0v) is 17.2. The summed E-state index contributed by atoms with van der Waals surface area (Å²) in [5.41, 5.74) is 0.925. The number of unbranched alkanes of at least 4 members (excludes halogenated alkanes) is 1. The van der Waals surface area contributed by atoms with E-state index in [1.165, 1.54) is 4.90 Å². The molecule has 3 N–H and O–H groups in total. The summed E-state index contributed by atoms with van der Waals surface area (Å²) < 4.78 is 5.17. The number of guanidine groups is 1. The van der Waals surface area contributed by atoms with Crippen LogP contribution in [0, 0.1) is 5.41 Å². The fraction of sp³-hybridized carbons (Fsp3) is 0.348. The molecule has 1 aliphatic rings. The second kappa shape index (κ2) is 9.91. The summed E-state index contributed by atoms with van der Waals surface area (Å²) in [6, 6.07) is 19.0. The third-order valence-corrected chi connectivity index (χ3v) is 5.30. The van der Waals surface area contributed by atoms with E-state index in [0.717, 1.165) is 11.1 Å². The first-order chi connectivity index (χ1) is 14.6. The van der Waals surface area contributed by atoms with Crippen LogP contribution in [0.5, 0.6) is 0 Å². The Bertz CT molecular complexity index is 873. The van der Waals surface area contributed by atoms with Crippen LogP contribution in [0.25, 0.3) is 0 Å². The maximum Gasteiger partial charge on any atom is 0.407 e. The van der Waals surface area contributed by atoms with Crippen molar-refractivity contribution in [1.29, 1.82) is 5.41 Å². The highest BCUT2D eigenvalue weighted by Crippen LogP contribution is 2.32. The molecule has 2 amide bonds. The number of nitrogens with one attached hydrogen (secondary N) is 3. The molecule has 1 saturated heterocycles. The molecule has 3 rings (SSSR count). The normalized spacial score (nSPS) is 18.2. The molecule has 0 aromatic heterocycles. The number of carbonyl (C=O) groups excluding carboxylic acids is 2. The molecule has 158 valence electrons. The third kappa shape index (κ3) is 4.79. The summed E-state index contributed by atoms with van der Waals surface area (Å²) in [6.07, 6.45) is 1.45. The van der Waals surface area contributed by atoms with E-state index in [0.29, 0.717) is 32.4 Å². The number of benzene rings is 2. The first kappa shape index (κ1) is 21.4. The van der Waals surface area contributed by atoms with E-state index in [1.807, 2.05) is 67.6 Å². The Morgan fingerprint density at radius 3 is 2.43 bits per heavy atom. The maximum atomic E-state index is 13.1.